The molecule has 1 aromatic carbocycles. The summed E-state index contributed by atoms with van der Waals surface area (Å²) < 4.78 is 7.44. The Balaban J connectivity index is 1.89. The van der Waals surface area contributed by atoms with E-state index < -0.39 is 0 Å². The third-order valence-corrected chi connectivity index (χ3v) is 4.37. The molecule has 108 valence electrons. The van der Waals surface area contributed by atoms with Crippen molar-refractivity contribution in [1.82, 2.24) is 10.3 Å². The molecule has 0 amide bonds. The van der Waals surface area contributed by atoms with Crippen molar-refractivity contribution in [2.24, 2.45) is 0 Å². The van der Waals surface area contributed by atoms with Crippen molar-refractivity contribution in [3.63, 3.8) is 0 Å². The highest BCUT2D eigenvalue weighted by Gasteiger charge is 2.15. The molecule has 0 fully saturated rings. The molecular weight excluding hydrogens is 280 g/mol. The standard InChI is InChI=1S/C17H18N2OS/c1-18-9-7-15(13-5-3-2-4-6-13)20-16-12-19-11-14-8-10-21-17(14)16/h2-6,8,10-12,15,18H,7,9H2,1H3/t15-/m0/s1. The molecule has 2 heterocycles. The van der Waals surface area contributed by atoms with Crippen molar-refractivity contribution in [2.45, 2.75) is 12.5 Å². The molecule has 3 nitrogen and oxygen atoms in total. The van der Waals surface area contributed by atoms with Crippen molar-refractivity contribution < 1.29 is 4.74 Å². The summed E-state index contributed by atoms with van der Waals surface area (Å²) in [7, 11) is 1.96. The average Bonchev–Trinajstić information content (AvgIpc) is 3.01. The van der Waals surface area contributed by atoms with E-state index in [9.17, 15) is 0 Å². The van der Waals surface area contributed by atoms with E-state index in [1.165, 1.54) is 5.56 Å². The van der Waals surface area contributed by atoms with Crippen LogP contribution in [-0.4, -0.2) is 18.6 Å². The lowest BCUT2D eigenvalue weighted by atomic mass is 10.1. The first-order valence-electron chi connectivity index (χ1n) is 7.06. The maximum atomic E-state index is 6.28. The van der Waals surface area contributed by atoms with E-state index in [0.29, 0.717) is 0 Å². The lowest BCUT2D eigenvalue weighted by molar-refractivity contribution is 0.197. The lowest BCUT2D eigenvalue weighted by Crippen LogP contribution is -2.16. The predicted octanol–water partition coefficient (Wildman–Crippen LogP) is 4.03. The number of thiophene rings is 1. The van der Waals surface area contributed by atoms with Crippen LogP contribution in [0.2, 0.25) is 0 Å². The Kier molecular flexibility index (Phi) is 4.48. The van der Waals surface area contributed by atoms with Crippen molar-refractivity contribution in [3.05, 3.63) is 59.7 Å². The van der Waals surface area contributed by atoms with Crippen LogP contribution in [-0.2, 0) is 0 Å². The molecule has 0 aliphatic rings. The number of rotatable bonds is 6. The SMILES string of the molecule is CNCC[C@H](Oc1cncc2ccsc12)c1ccccc1. The first-order chi connectivity index (χ1) is 10.4. The monoisotopic (exact) mass is 298 g/mol. The van der Waals surface area contributed by atoms with Crippen LogP contribution in [0.1, 0.15) is 18.1 Å². The summed E-state index contributed by atoms with van der Waals surface area (Å²) in [4.78, 5) is 4.28. The van der Waals surface area contributed by atoms with Gasteiger partial charge in [0.05, 0.1) is 10.9 Å². The van der Waals surface area contributed by atoms with Gasteiger partial charge < -0.3 is 10.1 Å². The topological polar surface area (TPSA) is 34.1 Å². The summed E-state index contributed by atoms with van der Waals surface area (Å²) in [6.07, 6.45) is 4.65. The number of hydrogen-bond donors (Lipinski definition) is 1. The first kappa shape index (κ1) is 14.0. The molecule has 0 saturated carbocycles. The molecule has 21 heavy (non-hydrogen) atoms. The molecule has 0 radical (unpaired) electrons. The van der Waals surface area contributed by atoms with Gasteiger partial charge in [-0.15, -0.1) is 11.3 Å². The second-order valence-electron chi connectivity index (χ2n) is 4.89. The zero-order valence-electron chi connectivity index (χ0n) is 12.0. The maximum Gasteiger partial charge on any atom is 0.156 e. The van der Waals surface area contributed by atoms with Crippen LogP contribution in [0, 0.1) is 0 Å². The van der Waals surface area contributed by atoms with Gasteiger partial charge in [-0.25, -0.2) is 0 Å². The molecule has 0 aliphatic carbocycles. The van der Waals surface area contributed by atoms with Crippen LogP contribution in [0.5, 0.6) is 5.75 Å². The predicted molar refractivity (Wildman–Crippen MR) is 88.0 cm³/mol. The molecular formula is C17H18N2OS. The summed E-state index contributed by atoms with van der Waals surface area (Å²) >= 11 is 1.69. The molecule has 0 saturated heterocycles. The van der Waals surface area contributed by atoms with E-state index in [2.05, 4.69) is 46.0 Å². The summed E-state index contributed by atoms with van der Waals surface area (Å²) in [6.45, 7) is 0.910. The van der Waals surface area contributed by atoms with Gasteiger partial charge in [0, 0.05) is 18.0 Å². The maximum absolute atomic E-state index is 6.28. The van der Waals surface area contributed by atoms with E-state index in [4.69, 9.17) is 4.74 Å². The van der Waals surface area contributed by atoms with Crippen LogP contribution in [0.3, 0.4) is 0 Å². The highest BCUT2D eigenvalue weighted by molar-refractivity contribution is 7.17. The summed E-state index contributed by atoms with van der Waals surface area (Å²) in [5.74, 6) is 0.868. The van der Waals surface area contributed by atoms with Gasteiger partial charge in [0.15, 0.2) is 5.75 Å². The Bertz CT molecular complexity index is 696. The number of aromatic nitrogens is 1. The minimum atomic E-state index is 0.0353. The molecule has 1 N–H and O–H groups in total. The number of fused-ring (bicyclic) bond motifs is 1. The fourth-order valence-corrected chi connectivity index (χ4v) is 3.16. The van der Waals surface area contributed by atoms with Crippen LogP contribution in [0.4, 0.5) is 0 Å². The van der Waals surface area contributed by atoms with Gasteiger partial charge in [-0.3, -0.25) is 4.98 Å². The number of nitrogens with one attached hydrogen (secondary N) is 1. The normalized spacial score (nSPS) is 12.4. The zero-order chi connectivity index (χ0) is 14.5. The molecule has 1 atom stereocenters. The largest absolute Gasteiger partial charge is 0.483 e. The van der Waals surface area contributed by atoms with Crippen LogP contribution in [0.15, 0.2) is 54.2 Å². The van der Waals surface area contributed by atoms with Crippen LogP contribution >= 0.6 is 11.3 Å². The number of hydrogen-bond acceptors (Lipinski definition) is 4. The van der Waals surface area contributed by atoms with Gasteiger partial charge in [-0.1, -0.05) is 30.3 Å². The third kappa shape index (κ3) is 3.23. The fraction of sp³-hybridized carbons (Fsp3) is 0.235. The summed E-state index contributed by atoms with van der Waals surface area (Å²) in [5, 5.41) is 6.40. The van der Waals surface area contributed by atoms with Crippen molar-refractivity contribution in [1.29, 1.82) is 0 Å². The minimum absolute atomic E-state index is 0.0353. The van der Waals surface area contributed by atoms with Crippen molar-refractivity contribution in [3.8, 4) is 5.75 Å². The van der Waals surface area contributed by atoms with Crippen molar-refractivity contribution in [2.75, 3.05) is 13.6 Å². The smallest absolute Gasteiger partial charge is 0.156 e. The Labute approximate surface area is 128 Å². The van der Waals surface area contributed by atoms with Gasteiger partial charge >= 0.3 is 0 Å². The zero-order valence-corrected chi connectivity index (χ0v) is 12.8. The van der Waals surface area contributed by atoms with Gasteiger partial charge in [-0.2, -0.15) is 0 Å². The Morgan fingerprint density at radius 3 is 2.86 bits per heavy atom. The first-order valence-corrected chi connectivity index (χ1v) is 7.94. The van der Waals surface area contributed by atoms with Gasteiger partial charge in [0.25, 0.3) is 0 Å². The quantitative estimate of drug-likeness (QED) is 0.746. The average molecular weight is 298 g/mol. The molecule has 0 unspecified atom stereocenters. The Morgan fingerprint density at radius 1 is 1.19 bits per heavy atom. The van der Waals surface area contributed by atoms with E-state index >= 15 is 0 Å². The van der Waals surface area contributed by atoms with Gasteiger partial charge in [0.1, 0.15) is 6.10 Å². The fourth-order valence-electron chi connectivity index (χ4n) is 2.34. The van der Waals surface area contributed by atoms with E-state index in [1.807, 2.05) is 25.5 Å². The van der Waals surface area contributed by atoms with Gasteiger partial charge in [-0.05, 0) is 30.6 Å². The molecule has 2 aromatic heterocycles. The van der Waals surface area contributed by atoms with Crippen LogP contribution in [0.25, 0.3) is 10.1 Å². The molecule has 3 aromatic rings. The highest BCUT2D eigenvalue weighted by Crippen LogP contribution is 2.33. The van der Waals surface area contributed by atoms with Gasteiger partial charge in [0.2, 0.25) is 0 Å². The second-order valence-corrected chi connectivity index (χ2v) is 5.80. The highest BCUT2D eigenvalue weighted by atomic mass is 32.1. The van der Waals surface area contributed by atoms with Crippen molar-refractivity contribution >= 4 is 21.4 Å². The Morgan fingerprint density at radius 2 is 2.05 bits per heavy atom. The van der Waals surface area contributed by atoms with E-state index in [1.54, 1.807) is 11.3 Å². The number of pyridine rings is 1. The molecule has 0 bridgehead atoms. The number of benzene rings is 1. The molecule has 3 rings (SSSR count). The van der Waals surface area contributed by atoms with E-state index in [-0.39, 0.29) is 6.10 Å². The number of ether oxygens (including phenoxy) is 1. The summed E-state index contributed by atoms with van der Waals surface area (Å²) in [6, 6.07) is 12.4. The Hall–Kier alpha value is -1.91. The van der Waals surface area contributed by atoms with E-state index in [0.717, 1.165) is 28.8 Å². The second kappa shape index (κ2) is 6.70. The summed E-state index contributed by atoms with van der Waals surface area (Å²) in [5.41, 5.74) is 1.20. The minimum Gasteiger partial charge on any atom is -0.483 e. The molecule has 0 aliphatic heterocycles. The third-order valence-electron chi connectivity index (χ3n) is 3.42. The number of nitrogens with zero attached hydrogens (tertiary/aromatic N) is 1. The van der Waals surface area contributed by atoms with Crippen LogP contribution < -0.4 is 10.1 Å². The lowest BCUT2D eigenvalue weighted by Gasteiger charge is -2.19. The molecule has 4 heteroatoms. The molecule has 0 spiro atoms.